The molecule has 2 aromatic heterocycles. The Morgan fingerprint density at radius 1 is 1.38 bits per heavy atom. The van der Waals surface area contributed by atoms with Gasteiger partial charge < -0.3 is 0 Å². The molecule has 2 aromatic rings. The Morgan fingerprint density at radius 2 is 2.08 bits per heavy atom. The number of hydrogen-bond donors (Lipinski definition) is 1. The van der Waals surface area contributed by atoms with E-state index < -0.39 is 0 Å². The highest BCUT2D eigenvalue weighted by Crippen LogP contribution is 2.11. The number of rotatable bonds is 1. The molecule has 2 rings (SSSR count). The Balaban J connectivity index is 2.54. The highest BCUT2D eigenvalue weighted by atomic mass is 32.1. The standard InChI is InChI=1S/C8H8N4S/c1-12-8(13)10-7(11-12)6-2-4-9-5-3-6/h2-5H,1H3,(H,10,11,13). The first-order valence-electron chi connectivity index (χ1n) is 3.81. The number of nitrogens with one attached hydrogen (secondary N) is 1. The predicted molar refractivity (Wildman–Crippen MR) is 51.6 cm³/mol. The molecule has 0 aromatic carbocycles. The number of aromatic amines is 1. The van der Waals surface area contributed by atoms with E-state index in [2.05, 4.69) is 15.1 Å². The maximum atomic E-state index is 4.98. The van der Waals surface area contributed by atoms with Gasteiger partial charge in [-0.25, -0.2) is 0 Å². The van der Waals surface area contributed by atoms with Gasteiger partial charge in [0.2, 0.25) is 4.77 Å². The topological polar surface area (TPSA) is 46.5 Å². The molecule has 13 heavy (non-hydrogen) atoms. The van der Waals surface area contributed by atoms with Crippen LogP contribution in [0.1, 0.15) is 0 Å². The molecule has 0 atom stereocenters. The number of aryl methyl sites for hydroxylation is 1. The molecule has 0 aliphatic rings. The van der Waals surface area contributed by atoms with E-state index >= 15 is 0 Å². The Bertz CT molecular complexity index is 456. The molecule has 0 bridgehead atoms. The molecule has 0 amide bonds. The van der Waals surface area contributed by atoms with Crippen LogP contribution in [0.5, 0.6) is 0 Å². The fourth-order valence-corrected chi connectivity index (χ4v) is 1.18. The number of H-pyrrole nitrogens is 1. The lowest BCUT2D eigenvalue weighted by Crippen LogP contribution is -1.89. The monoisotopic (exact) mass is 192 g/mol. The molecule has 0 unspecified atom stereocenters. The molecule has 4 nitrogen and oxygen atoms in total. The average Bonchev–Trinajstić information content (AvgIpc) is 2.49. The molecule has 2 heterocycles. The summed E-state index contributed by atoms with van der Waals surface area (Å²) < 4.78 is 2.25. The zero-order chi connectivity index (χ0) is 9.26. The van der Waals surface area contributed by atoms with Crippen LogP contribution in [0, 0.1) is 4.77 Å². The molecule has 0 aliphatic heterocycles. The minimum absolute atomic E-state index is 0.548. The normalized spacial score (nSPS) is 10.2. The highest BCUT2D eigenvalue weighted by Gasteiger charge is 2.00. The molecular weight excluding hydrogens is 184 g/mol. The van der Waals surface area contributed by atoms with Gasteiger partial charge >= 0.3 is 0 Å². The van der Waals surface area contributed by atoms with Gasteiger partial charge in [-0.15, -0.1) is 0 Å². The van der Waals surface area contributed by atoms with Crippen molar-refractivity contribution in [2.24, 2.45) is 7.05 Å². The number of hydrogen-bond acceptors (Lipinski definition) is 3. The fourth-order valence-electron chi connectivity index (χ4n) is 1.04. The third kappa shape index (κ3) is 1.50. The molecule has 1 N–H and O–H groups in total. The van der Waals surface area contributed by atoms with Gasteiger partial charge in [-0.05, 0) is 24.4 Å². The van der Waals surface area contributed by atoms with E-state index in [-0.39, 0.29) is 0 Å². The molecule has 0 radical (unpaired) electrons. The molecule has 0 saturated heterocycles. The van der Waals surface area contributed by atoms with Gasteiger partial charge in [0.25, 0.3) is 0 Å². The summed E-state index contributed by atoms with van der Waals surface area (Å²) in [5.41, 5.74) is 0.988. The second-order valence-corrected chi connectivity index (χ2v) is 3.01. The molecule has 0 saturated carbocycles. The number of pyridine rings is 1. The maximum absolute atomic E-state index is 4.98. The first-order chi connectivity index (χ1) is 6.27. The Labute approximate surface area is 80.3 Å². The molecule has 0 aliphatic carbocycles. The second kappa shape index (κ2) is 3.10. The van der Waals surface area contributed by atoms with E-state index in [0.29, 0.717) is 4.77 Å². The third-order valence-corrected chi connectivity index (χ3v) is 2.09. The van der Waals surface area contributed by atoms with Gasteiger partial charge in [0.15, 0.2) is 5.82 Å². The minimum Gasteiger partial charge on any atom is -0.279 e. The van der Waals surface area contributed by atoms with E-state index in [4.69, 9.17) is 12.2 Å². The average molecular weight is 192 g/mol. The number of nitrogens with zero attached hydrogens (tertiary/aromatic N) is 3. The highest BCUT2D eigenvalue weighted by molar-refractivity contribution is 7.71. The van der Waals surface area contributed by atoms with Crippen molar-refractivity contribution in [3.63, 3.8) is 0 Å². The summed E-state index contributed by atoms with van der Waals surface area (Å²) in [6.45, 7) is 0. The van der Waals surface area contributed by atoms with Crippen molar-refractivity contribution >= 4 is 12.2 Å². The van der Waals surface area contributed by atoms with Gasteiger partial charge in [0, 0.05) is 25.0 Å². The van der Waals surface area contributed by atoms with E-state index in [0.717, 1.165) is 11.4 Å². The summed E-state index contributed by atoms with van der Waals surface area (Å²) in [6, 6.07) is 3.77. The van der Waals surface area contributed by atoms with Crippen molar-refractivity contribution in [2.75, 3.05) is 0 Å². The lowest BCUT2D eigenvalue weighted by atomic mass is 10.3. The number of aromatic nitrogens is 4. The zero-order valence-corrected chi connectivity index (χ0v) is 7.88. The van der Waals surface area contributed by atoms with E-state index in [9.17, 15) is 0 Å². The van der Waals surface area contributed by atoms with Crippen LogP contribution in [0.2, 0.25) is 0 Å². The van der Waals surface area contributed by atoms with Crippen LogP contribution >= 0.6 is 12.2 Å². The van der Waals surface area contributed by atoms with E-state index in [1.165, 1.54) is 0 Å². The van der Waals surface area contributed by atoms with Crippen LogP contribution in [0.3, 0.4) is 0 Å². The summed E-state index contributed by atoms with van der Waals surface area (Å²) in [5, 5.41) is 3.03. The minimum atomic E-state index is 0.548. The van der Waals surface area contributed by atoms with Crippen molar-refractivity contribution < 1.29 is 0 Å². The van der Waals surface area contributed by atoms with Gasteiger partial charge in [-0.2, -0.15) is 4.98 Å². The van der Waals surface area contributed by atoms with Crippen LogP contribution in [-0.4, -0.2) is 19.7 Å². The third-order valence-electron chi connectivity index (χ3n) is 1.72. The Hall–Kier alpha value is -1.49. The SMILES string of the molecule is Cn1[nH]c(-c2ccncc2)nc1=S. The smallest absolute Gasteiger partial charge is 0.216 e. The maximum Gasteiger partial charge on any atom is 0.216 e. The molecular formula is C8H8N4S. The molecule has 66 valence electrons. The predicted octanol–water partition coefficient (Wildman–Crippen LogP) is 1.54. The molecule has 0 fully saturated rings. The summed E-state index contributed by atoms with van der Waals surface area (Å²) >= 11 is 4.98. The zero-order valence-electron chi connectivity index (χ0n) is 7.06. The lowest BCUT2D eigenvalue weighted by molar-refractivity contribution is 0.756. The van der Waals surface area contributed by atoms with Crippen LogP contribution in [0.15, 0.2) is 24.5 Å². The van der Waals surface area contributed by atoms with Crippen molar-refractivity contribution in [1.82, 2.24) is 19.7 Å². The summed E-state index contributed by atoms with van der Waals surface area (Å²) in [5.74, 6) is 0.773. The van der Waals surface area contributed by atoms with Crippen LogP contribution in [-0.2, 0) is 7.05 Å². The largest absolute Gasteiger partial charge is 0.279 e. The van der Waals surface area contributed by atoms with Crippen molar-refractivity contribution in [1.29, 1.82) is 0 Å². The second-order valence-electron chi connectivity index (χ2n) is 2.65. The van der Waals surface area contributed by atoms with E-state index in [1.807, 2.05) is 19.2 Å². The first kappa shape index (κ1) is 8.12. The van der Waals surface area contributed by atoms with Crippen molar-refractivity contribution in [2.45, 2.75) is 0 Å². The molecule has 0 spiro atoms. The van der Waals surface area contributed by atoms with Gasteiger partial charge in [0.1, 0.15) is 0 Å². The van der Waals surface area contributed by atoms with Gasteiger partial charge in [0.05, 0.1) is 0 Å². The molecule has 5 heteroatoms. The summed E-state index contributed by atoms with van der Waals surface area (Å²) in [7, 11) is 1.83. The summed E-state index contributed by atoms with van der Waals surface area (Å²) in [4.78, 5) is 8.10. The van der Waals surface area contributed by atoms with Crippen molar-refractivity contribution in [3.8, 4) is 11.4 Å². The summed E-state index contributed by atoms with van der Waals surface area (Å²) in [6.07, 6.45) is 3.45. The lowest BCUT2D eigenvalue weighted by Gasteiger charge is -1.93. The quantitative estimate of drug-likeness (QED) is 0.697. The van der Waals surface area contributed by atoms with E-state index in [1.54, 1.807) is 17.1 Å². The Morgan fingerprint density at radius 3 is 2.62 bits per heavy atom. The van der Waals surface area contributed by atoms with Gasteiger partial charge in [-0.3, -0.25) is 14.8 Å². The first-order valence-corrected chi connectivity index (χ1v) is 4.21. The van der Waals surface area contributed by atoms with Crippen LogP contribution in [0.25, 0.3) is 11.4 Å². The van der Waals surface area contributed by atoms with Gasteiger partial charge in [-0.1, -0.05) is 0 Å². The fraction of sp³-hybridized carbons (Fsp3) is 0.125. The van der Waals surface area contributed by atoms with Crippen LogP contribution in [0.4, 0.5) is 0 Å². The van der Waals surface area contributed by atoms with Crippen molar-refractivity contribution in [3.05, 3.63) is 29.3 Å². The Kier molecular flexibility index (Phi) is 1.94. The van der Waals surface area contributed by atoms with Crippen LogP contribution < -0.4 is 0 Å².